The van der Waals surface area contributed by atoms with Crippen LogP contribution < -0.4 is 9.47 Å². The van der Waals surface area contributed by atoms with Gasteiger partial charge in [-0.3, -0.25) is 0 Å². The van der Waals surface area contributed by atoms with Crippen LogP contribution in [0, 0.1) is 0 Å². The number of carboxylic acid groups (broad SMARTS) is 1. The Kier molecular flexibility index (Phi) is 8.11. The molecule has 0 bridgehead atoms. The number of aromatic carboxylic acids is 1. The fraction of sp³-hybridized carbons (Fsp3) is 0.500. The number of hydrogen-bond donors (Lipinski definition) is 1. The average molecular weight is 306 g/mol. The number of ether oxygens (including phenoxy) is 2. The van der Waals surface area contributed by atoms with E-state index in [1.165, 1.54) is 0 Å². The van der Waals surface area contributed by atoms with Gasteiger partial charge in [-0.1, -0.05) is 32.8 Å². The highest BCUT2D eigenvalue weighted by molar-refractivity contribution is 5.92. The fourth-order valence-electron chi connectivity index (χ4n) is 2.00. The van der Waals surface area contributed by atoms with Crippen molar-refractivity contribution in [2.45, 2.75) is 46.0 Å². The minimum atomic E-state index is -1.00. The van der Waals surface area contributed by atoms with E-state index in [1.54, 1.807) is 12.1 Å². The molecule has 0 amide bonds. The lowest BCUT2D eigenvalue weighted by Gasteiger charge is -2.16. The first-order valence-corrected chi connectivity index (χ1v) is 7.90. The van der Waals surface area contributed by atoms with Crippen molar-refractivity contribution in [3.8, 4) is 11.5 Å². The van der Waals surface area contributed by atoms with Crippen LogP contribution in [0.15, 0.2) is 24.8 Å². The normalized spacial score (nSPS) is 10.3. The monoisotopic (exact) mass is 306 g/mol. The van der Waals surface area contributed by atoms with Crippen molar-refractivity contribution >= 4 is 5.97 Å². The molecule has 122 valence electrons. The summed E-state index contributed by atoms with van der Waals surface area (Å²) in [5.41, 5.74) is 1.02. The lowest BCUT2D eigenvalue weighted by molar-refractivity contribution is 0.0691. The molecule has 0 saturated heterocycles. The quantitative estimate of drug-likeness (QED) is 0.484. The molecule has 0 radical (unpaired) electrons. The molecule has 1 rings (SSSR count). The lowest BCUT2D eigenvalue weighted by atomic mass is 10.1. The van der Waals surface area contributed by atoms with Gasteiger partial charge in [0.25, 0.3) is 0 Å². The molecule has 1 aromatic carbocycles. The Morgan fingerprint density at radius 1 is 1.18 bits per heavy atom. The Balaban J connectivity index is 3.13. The first-order chi connectivity index (χ1) is 10.6. The first-order valence-electron chi connectivity index (χ1n) is 7.90. The van der Waals surface area contributed by atoms with Gasteiger partial charge >= 0.3 is 5.97 Å². The topological polar surface area (TPSA) is 55.8 Å². The van der Waals surface area contributed by atoms with Crippen molar-refractivity contribution in [3.05, 3.63) is 35.9 Å². The maximum atomic E-state index is 11.5. The zero-order valence-corrected chi connectivity index (χ0v) is 13.6. The number of unbranched alkanes of at least 4 members (excludes halogenated alkanes) is 2. The first kappa shape index (κ1) is 18.1. The maximum Gasteiger partial charge on any atom is 0.339 e. The molecule has 0 heterocycles. The summed E-state index contributed by atoms with van der Waals surface area (Å²) in [6.45, 7) is 8.88. The van der Waals surface area contributed by atoms with Crippen LogP contribution in [0.2, 0.25) is 0 Å². The van der Waals surface area contributed by atoms with E-state index in [9.17, 15) is 9.90 Å². The largest absolute Gasteiger partial charge is 0.490 e. The molecular weight excluding hydrogens is 280 g/mol. The summed E-state index contributed by atoms with van der Waals surface area (Å²) in [5.74, 6) is -0.149. The van der Waals surface area contributed by atoms with E-state index in [4.69, 9.17) is 9.47 Å². The molecule has 0 spiro atoms. The van der Waals surface area contributed by atoms with Crippen LogP contribution in [-0.4, -0.2) is 24.3 Å². The fourth-order valence-corrected chi connectivity index (χ4v) is 2.00. The Bertz CT molecular complexity index is 494. The Morgan fingerprint density at radius 3 is 2.36 bits per heavy atom. The van der Waals surface area contributed by atoms with E-state index in [-0.39, 0.29) is 5.56 Å². The van der Waals surface area contributed by atoms with Crippen molar-refractivity contribution in [2.24, 2.45) is 0 Å². The van der Waals surface area contributed by atoms with Crippen LogP contribution >= 0.6 is 0 Å². The Labute approximate surface area is 132 Å². The lowest BCUT2D eigenvalue weighted by Crippen LogP contribution is -2.09. The third kappa shape index (κ3) is 5.43. The van der Waals surface area contributed by atoms with Gasteiger partial charge in [-0.05, 0) is 37.0 Å². The van der Waals surface area contributed by atoms with Crippen LogP contribution in [0.4, 0.5) is 0 Å². The molecule has 0 saturated carbocycles. The number of allylic oxidation sites excluding steroid dienone is 1. The molecule has 0 unspecified atom stereocenters. The summed E-state index contributed by atoms with van der Waals surface area (Å²) >= 11 is 0. The van der Waals surface area contributed by atoms with Crippen LogP contribution in [-0.2, 0) is 6.42 Å². The zero-order chi connectivity index (χ0) is 16.4. The number of carbonyl (C=O) groups is 1. The molecule has 0 aliphatic rings. The van der Waals surface area contributed by atoms with E-state index in [0.717, 1.165) is 31.2 Å². The van der Waals surface area contributed by atoms with E-state index in [0.29, 0.717) is 31.1 Å². The van der Waals surface area contributed by atoms with Crippen LogP contribution in [0.1, 0.15) is 55.5 Å². The molecule has 0 aliphatic heterocycles. The summed E-state index contributed by atoms with van der Waals surface area (Å²) in [7, 11) is 0. The minimum absolute atomic E-state index is 0.155. The van der Waals surface area contributed by atoms with Gasteiger partial charge in [-0.2, -0.15) is 0 Å². The molecule has 4 nitrogen and oxygen atoms in total. The summed E-state index contributed by atoms with van der Waals surface area (Å²) in [5, 5.41) is 9.45. The predicted molar refractivity (Wildman–Crippen MR) is 88.1 cm³/mol. The van der Waals surface area contributed by atoms with Crippen molar-refractivity contribution in [2.75, 3.05) is 13.2 Å². The molecular formula is C18H26O4. The van der Waals surface area contributed by atoms with Crippen molar-refractivity contribution in [1.82, 2.24) is 0 Å². The second-order valence-corrected chi connectivity index (χ2v) is 5.17. The third-order valence-corrected chi connectivity index (χ3v) is 3.22. The number of rotatable bonds is 11. The second-order valence-electron chi connectivity index (χ2n) is 5.17. The molecule has 0 aromatic heterocycles. The standard InChI is InChI=1S/C18H26O4/c1-4-7-10-21-16-13-14(9-6-3)12-15(18(19)20)17(16)22-11-8-5-2/h6,12-13H,3-5,7-11H2,1-2H3,(H,19,20). The van der Waals surface area contributed by atoms with Gasteiger partial charge < -0.3 is 14.6 Å². The van der Waals surface area contributed by atoms with Crippen molar-refractivity contribution in [3.63, 3.8) is 0 Å². The second kappa shape index (κ2) is 9.87. The van der Waals surface area contributed by atoms with Gasteiger partial charge in [0.2, 0.25) is 0 Å². The SMILES string of the molecule is C=CCc1cc(OCCCC)c(OCCCC)c(C(=O)O)c1. The molecule has 22 heavy (non-hydrogen) atoms. The highest BCUT2D eigenvalue weighted by atomic mass is 16.5. The molecule has 1 N–H and O–H groups in total. The third-order valence-electron chi connectivity index (χ3n) is 3.22. The van der Waals surface area contributed by atoms with Gasteiger partial charge in [-0.25, -0.2) is 4.79 Å². The van der Waals surface area contributed by atoms with Gasteiger partial charge in [0.15, 0.2) is 11.5 Å². The Hall–Kier alpha value is -1.97. The van der Waals surface area contributed by atoms with Crippen LogP contribution in [0.25, 0.3) is 0 Å². The van der Waals surface area contributed by atoms with E-state index in [1.807, 2.05) is 6.07 Å². The highest BCUT2D eigenvalue weighted by Gasteiger charge is 2.18. The highest BCUT2D eigenvalue weighted by Crippen LogP contribution is 2.34. The number of hydrogen-bond acceptors (Lipinski definition) is 3. The summed E-state index contributed by atoms with van der Waals surface area (Å²) in [4.78, 5) is 11.5. The Morgan fingerprint density at radius 2 is 1.82 bits per heavy atom. The number of benzene rings is 1. The zero-order valence-electron chi connectivity index (χ0n) is 13.6. The average Bonchev–Trinajstić information content (AvgIpc) is 2.49. The number of carboxylic acids is 1. The summed E-state index contributed by atoms with van der Waals surface area (Å²) in [6, 6.07) is 3.49. The summed E-state index contributed by atoms with van der Waals surface area (Å²) in [6.07, 6.45) is 6.14. The van der Waals surface area contributed by atoms with Crippen molar-refractivity contribution in [1.29, 1.82) is 0 Å². The summed E-state index contributed by atoms with van der Waals surface area (Å²) < 4.78 is 11.5. The predicted octanol–water partition coefficient (Wildman–Crippen LogP) is 4.47. The van der Waals surface area contributed by atoms with E-state index < -0.39 is 5.97 Å². The molecule has 1 aromatic rings. The molecule has 0 atom stereocenters. The van der Waals surface area contributed by atoms with Crippen LogP contribution in [0.5, 0.6) is 11.5 Å². The van der Waals surface area contributed by atoms with Crippen molar-refractivity contribution < 1.29 is 19.4 Å². The van der Waals surface area contributed by atoms with Crippen LogP contribution in [0.3, 0.4) is 0 Å². The van der Waals surface area contributed by atoms with Gasteiger partial charge in [0.05, 0.1) is 13.2 Å². The van der Waals surface area contributed by atoms with E-state index >= 15 is 0 Å². The maximum absolute atomic E-state index is 11.5. The van der Waals surface area contributed by atoms with E-state index in [2.05, 4.69) is 20.4 Å². The molecule has 0 aliphatic carbocycles. The smallest absolute Gasteiger partial charge is 0.339 e. The van der Waals surface area contributed by atoms with Gasteiger partial charge in [-0.15, -0.1) is 6.58 Å². The van der Waals surface area contributed by atoms with Gasteiger partial charge in [0, 0.05) is 0 Å². The molecule has 4 heteroatoms. The minimum Gasteiger partial charge on any atom is -0.490 e. The molecule has 0 fully saturated rings. The van der Waals surface area contributed by atoms with Gasteiger partial charge in [0.1, 0.15) is 5.56 Å².